The van der Waals surface area contributed by atoms with Crippen molar-refractivity contribution in [3.63, 3.8) is 0 Å². The van der Waals surface area contributed by atoms with E-state index in [0.29, 0.717) is 33.1 Å². The summed E-state index contributed by atoms with van der Waals surface area (Å²) in [4.78, 5) is 24.8. The number of aromatic nitrogens is 3. The summed E-state index contributed by atoms with van der Waals surface area (Å²) in [5, 5.41) is 15.5. The smallest absolute Gasteiger partial charge is 0.251 e. The highest BCUT2D eigenvalue weighted by atomic mass is 35.5. The number of anilines is 1. The monoisotopic (exact) mass is 477 g/mol. The number of benzene rings is 2. The Hall–Kier alpha value is -2.55. The van der Waals surface area contributed by atoms with Crippen LogP contribution in [0.3, 0.4) is 0 Å². The zero-order valence-electron chi connectivity index (χ0n) is 16.9. The Kier molecular flexibility index (Phi) is 7.95. The van der Waals surface area contributed by atoms with Crippen LogP contribution in [0.4, 0.5) is 5.69 Å². The number of nitrogens with zero attached hydrogens (tertiary/aromatic N) is 3. The summed E-state index contributed by atoms with van der Waals surface area (Å²) in [5.74, 6) is 0.358. The average Bonchev–Trinajstić information content (AvgIpc) is 3.18. The van der Waals surface area contributed by atoms with Gasteiger partial charge in [-0.1, -0.05) is 53.2 Å². The van der Waals surface area contributed by atoms with E-state index >= 15 is 0 Å². The lowest BCUT2D eigenvalue weighted by atomic mass is 10.2. The summed E-state index contributed by atoms with van der Waals surface area (Å²) in [6.45, 7) is 4.37. The van der Waals surface area contributed by atoms with Crippen molar-refractivity contribution in [3.05, 3.63) is 70.0 Å². The van der Waals surface area contributed by atoms with Gasteiger partial charge in [0.2, 0.25) is 5.91 Å². The molecular weight excluding hydrogens is 457 g/mol. The zero-order valence-corrected chi connectivity index (χ0v) is 19.3. The van der Waals surface area contributed by atoms with Crippen molar-refractivity contribution in [1.29, 1.82) is 0 Å². The Morgan fingerprint density at radius 1 is 1.10 bits per heavy atom. The molecule has 0 saturated heterocycles. The molecule has 1 aromatic heterocycles. The molecule has 1 atom stereocenters. The molecule has 7 nitrogen and oxygen atoms in total. The molecule has 10 heteroatoms. The molecule has 0 aliphatic carbocycles. The third kappa shape index (κ3) is 6.00. The molecule has 2 N–H and O–H groups in total. The van der Waals surface area contributed by atoms with E-state index in [1.54, 1.807) is 12.1 Å². The molecule has 0 fully saturated rings. The number of nitrogens with one attached hydrogen (secondary N) is 2. The van der Waals surface area contributed by atoms with Gasteiger partial charge in [0.15, 0.2) is 11.0 Å². The number of carbonyl (C=O) groups excluding carboxylic acids is 2. The molecule has 2 amide bonds. The van der Waals surface area contributed by atoms with Gasteiger partial charge in [-0.05, 0) is 44.2 Å². The number of rotatable bonds is 8. The molecule has 3 rings (SSSR count). The first-order valence-corrected chi connectivity index (χ1v) is 11.3. The molecule has 1 heterocycles. The van der Waals surface area contributed by atoms with Crippen LogP contribution in [0.25, 0.3) is 0 Å². The van der Waals surface area contributed by atoms with E-state index in [0.717, 1.165) is 5.69 Å². The minimum Gasteiger partial charge on any atom is -0.342 e. The molecule has 162 valence electrons. The molecule has 0 radical (unpaired) electrons. The SMILES string of the molecule is CCn1c(SCC(=O)Nc2ccccc2)nnc1[C@H](C)NC(=O)c1ccc(Cl)c(Cl)c1. The van der Waals surface area contributed by atoms with E-state index in [1.165, 1.54) is 17.8 Å². The topological polar surface area (TPSA) is 88.9 Å². The van der Waals surface area contributed by atoms with E-state index in [4.69, 9.17) is 23.2 Å². The van der Waals surface area contributed by atoms with Gasteiger partial charge in [-0.2, -0.15) is 0 Å². The molecule has 0 aliphatic heterocycles. The number of thioether (sulfide) groups is 1. The number of halogens is 2. The Morgan fingerprint density at radius 2 is 1.84 bits per heavy atom. The van der Waals surface area contributed by atoms with Crippen LogP contribution < -0.4 is 10.6 Å². The van der Waals surface area contributed by atoms with E-state index in [1.807, 2.05) is 48.7 Å². The lowest BCUT2D eigenvalue weighted by Gasteiger charge is -2.15. The van der Waals surface area contributed by atoms with Gasteiger partial charge in [0.25, 0.3) is 5.91 Å². The Labute approximate surface area is 194 Å². The molecule has 0 saturated carbocycles. The third-order valence-electron chi connectivity index (χ3n) is 4.37. The van der Waals surface area contributed by atoms with Crippen molar-refractivity contribution in [2.24, 2.45) is 0 Å². The summed E-state index contributed by atoms with van der Waals surface area (Å²) < 4.78 is 1.88. The highest BCUT2D eigenvalue weighted by Crippen LogP contribution is 2.24. The van der Waals surface area contributed by atoms with Crippen LogP contribution in [0, 0.1) is 0 Å². The van der Waals surface area contributed by atoms with E-state index in [-0.39, 0.29) is 17.6 Å². The second-order valence-corrected chi connectivity index (χ2v) is 8.37. The van der Waals surface area contributed by atoms with Gasteiger partial charge in [-0.15, -0.1) is 10.2 Å². The van der Waals surface area contributed by atoms with Gasteiger partial charge in [-0.25, -0.2) is 0 Å². The van der Waals surface area contributed by atoms with E-state index in [9.17, 15) is 9.59 Å². The number of carbonyl (C=O) groups is 2. The fourth-order valence-corrected chi connectivity index (χ4v) is 3.96. The second-order valence-electron chi connectivity index (χ2n) is 6.61. The normalized spacial score (nSPS) is 11.7. The van der Waals surface area contributed by atoms with Crippen molar-refractivity contribution in [1.82, 2.24) is 20.1 Å². The van der Waals surface area contributed by atoms with Gasteiger partial charge in [0.05, 0.1) is 21.8 Å². The van der Waals surface area contributed by atoms with Crippen molar-refractivity contribution < 1.29 is 9.59 Å². The lowest BCUT2D eigenvalue weighted by Crippen LogP contribution is -2.28. The van der Waals surface area contributed by atoms with Gasteiger partial charge < -0.3 is 15.2 Å². The summed E-state index contributed by atoms with van der Waals surface area (Å²) in [5.41, 5.74) is 1.14. The number of para-hydroxylation sites is 1. The maximum atomic E-state index is 12.6. The van der Waals surface area contributed by atoms with Crippen LogP contribution in [0.1, 0.15) is 36.1 Å². The van der Waals surface area contributed by atoms with Crippen molar-refractivity contribution >= 4 is 52.5 Å². The summed E-state index contributed by atoms with van der Waals surface area (Å²) in [6.07, 6.45) is 0. The average molecular weight is 478 g/mol. The zero-order chi connectivity index (χ0) is 22.4. The Morgan fingerprint density at radius 3 is 2.52 bits per heavy atom. The largest absolute Gasteiger partial charge is 0.342 e. The van der Waals surface area contributed by atoms with Crippen LogP contribution >= 0.6 is 35.0 Å². The molecular formula is C21H21Cl2N5O2S. The Bertz CT molecular complexity index is 1070. The first-order valence-electron chi connectivity index (χ1n) is 9.55. The number of hydrogen-bond donors (Lipinski definition) is 2. The van der Waals surface area contributed by atoms with Gasteiger partial charge in [0, 0.05) is 17.8 Å². The van der Waals surface area contributed by atoms with Crippen LogP contribution in [-0.4, -0.2) is 32.3 Å². The predicted octanol–water partition coefficient (Wildman–Crippen LogP) is 4.83. The minimum absolute atomic E-state index is 0.135. The van der Waals surface area contributed by atoms with Crippen molar-refractivity contribution in [2.45, 2.75) is 31.6 Å². The van der Waals surface area contributed by atoms with Crippen molar-refractivity contribution in [2.75, 3.05) is 11.1 Å². The molecule has 31 heavy (non-hydrogen) atoms. The molecule has 0 spiro atoms. The second kappa shape index (κ2) is 10.7. The van der Waals surface area contributed by atoms with E-state index < -0.39 is 6.04 Å². The first-order chi connectivity index (χ1) is 14.9. The quantitative estimate of drug-likeness (QED) is 0.453. The summed E-state index contributed by atoms with van der Waals surface area (Å²) >= 11 is 13.2. The molecule has 3 aromatic rings. The maximum absolute atomic E-state index is 12.6. The lowest BCUT2D eigenvalue weighted by molar-refractivity contribution is -0.113. The molecule has 0 bridgehead atoms. The maximum Gasteiger partial charge on any atom is 0.251 e. The van der Waals surface area contributed by atoms with Gasteiger partial charge in [0.1, 0.15) is 0 Å². The fourth-order valence-electron chi connectivity index (χ4n) is 2.85. The van der Waals surface area contributed by atoms with Crippen LogP contribution in [0.2, 0.25) is 10.0 Å². The first kappa shape index (κ1) is 23.1. The van der Waals surface area contributed by atoms with E-state index in [2.05, 4.69) is 20.8 Å². The minimum atomic E-state index is -0.401. The fraction of sp³-hybridized carbons (Fsp3) is 0.238. The van der Waals surface area contributed by atoms with Crippen LogP contribution in [-0.2, 0) is 11.3 Å². The predicted molar refractivity (Wildman–Crippen MR) is 124 cm³/mol. The third-order valence-corrected chi connectivity index (χ3v) is 6.07. The highest BCUT2D eigenvalue weighted by molar-refractivity contribution is 7.99. The number of amides is 2. The summed E-state index contributed by atoms with van der Waals surface area (Å²) in [6, 6.07) is 13.6. The molecule has 0 unspecified atom stereocenters. The molecule has 2 aromatic carbocycles. The van der Waals surface area contributed by atoms with Gasteiger partial charge in [-0.3, -0.25) is 9.59 Å². The highest BCUT2D eigenvalue weighted by Gasteiger charge is 2.20. The standard InChI is InChI=1S/C21H21Cl2N5O2S/c1-3-28-19(13(2)24-20(30)14-9-10-16(22)17(23)11-14)26-27-21(28)31-12-18(29)25-15-7-5-4-6-8-15/h4-11,13H,3,12H2,1-2H3,(H,24,30)(H,25,29)/t13-/m0/s1. The Balaban J connectivity index is 1.63. The summed E-state index contributed by atoms with van der Waals surface area (Å²) in [7, 11) is 0. The molecule has 0 aliphatic rings. The van der Waals surface area contributed by atoms with Crippen molar-refractivity contribution in [3.8, 4) is 0 Å². The van der Waals surface area contributed by atoms with Crippen LogP contribution in [0.5, 0.6) is 0 Å². The van der Waals surface area contributed by atoms with Crippen LogP contribution in [0.15, 0.2) is 53.7 Å². The van der Waals surface area contributed by atoms with Gasteiger partial charge >= 0.3 is 0 Å². The number of hydrogen-bond acceptors (Lipinski definition) is 5.